The lowest BCUT2D eigenvalue weighted by atomic mass is 9.99. The molecule has 0 aliphatic heterocycles. The molecule has 0 unspecified atom stereocenters. The summed E-state index contributed by atoms with van der Waals surface area (Å²) >= 11 is 0. The third-order valence-corrected chi connectivity index (χ3v) is 9.63. The van der Waals surface area contributed by atoms with E-state index in [4.69, 9.17) is 4.98 Å². The van der Waals surface area contributed by atoms with E-state index in [0.717, 1.165) is 67.2 Å². The van der Waals surface area contributed by atoms with Crippen molar-refractivity contribution in [1.29, 1.82) is 0 Å². The minimum absolute atomic E-state index is 0.725. The van der Waals surface area contributed by atoms with Crippen molar-refractivity contribution in [2.45, 2.75) is 0 Å². The van der Waals surface area contributed by atoms with E-state index < -0.39 is 0 Å². The van der Waals surface area contributed by atoms with Gasteiger partial charge in [0.25, 0.3) is 0 Å². The summed E-state index contributed by atoms with van der Waals surface area (Å²) in [7, 11) is 0. The van der Waals surface area contributed by atoms with Crippen LogP contribution in [0, 0.1) is 0 Å². The van der Waals surface area contributed by atoms with Crippen LogP contribution in [0.25, 0.3) is 88.9 Å². The van der Waals surface area contributed by atoms with Gasteiger partial charge in [-0.2, -0.15) is 0 Å². The summed E-state index contributed by atoms with van der Waals surface area (Å²) in [4.78, 5) is 10.0. The van der Waals surface area contributed by atoms with Gasteiger partial charge in [-0.05, 0) is 57.3 Å². The molecule has 7 aromatic carbocycles. The Morgan fingerprint density at radius 1 is 0.380 bits per heavy atom. The molecule has 10 rings (SSSR count). The quantitative estimate of drug-likeness (QED) is 0.176. The fourth-order valence-electron chi connectivity index (χ4n) is 7.16. The zero-order valence-electron chi connectivity index (χ0n) is 27.0. The predicted octanol–water partition coefficient (Wildman–Crippen LogP) is 11.0. The normalized spacial score (nSPS) is 11.6. The van der Waals surface area contributed by atoms with E-state index in [1.807, 2.05) is 24.4 Å². The van der Waals surface area contributed by atoms with Crippen molar-refractivity contribution in [2.75, 3.05) is 0 Å². The monoisotopic (exact) mass is 639 g/mol. The second-order valence-electron chi connectivity index (χ2n) is 12.6. The number of hydrogen-bond acceptors (Lipinski definition) is 3. The zero-order chi connectivity index (χ0) is 33.0. The molecule has 50 heavy (non-hydrogen) atoms. The summed E-state index contributed by atoms with van der Waals surface area (Å²) in [6.07, 6.45) is 1.92. The lowest BCUT2D eigenvalue weighted by Crippen LogP contribution is -1.98. The SMILES string of the molecule is c1ccc(-n2c(-c3ccc(-c4ccc(-c5ccc(-c6nc7ccccn7n6)cc5)cc4)cc3)nc3c4ccccc4c4ccccc4c32)cc1. The van der Waals surface area contributed by atoms with Crippen molar-refractivity contribution >= 4 is 38.2 Å². The number of pyridine rings is 1. The highest BCUT2D eigenvalue weighted by Crippen LogP contribution is 2.39. The first-order valence-corrected chi connectivity index (χ1v) is 16.8. The Kier molecular flexibility index (Phi) is 6.42. The number of benzene rings is 7. The topological polar surface area (TPSA) is 48.0 Å². The fourth-order valence-corrected chi connectivity index (χ4v) is 7.16. The molecule has 0 saturated heterocycles. The Morgan fingerprint density at radius 3 is 1.50 bits per heavy atom. The van der Waals surface area contributed by atoms with Crippen LogP contribution in [0.4, 0.5) is 0 Å². The summed E-state index contributed by atoms with van der Waals surface area (Å²) in [5, 5.41) is 9.42. The third kappa shape index (κ3) is 4.60. The maximum absolute atomic E-state index is 5.38. The van der Waals surface area contributed by atoms with Gasteiger partial charge in [0.15, 0.2) is 11.5 Å². The number of hydrogen-bond donors (Lipinski definition) is 0. The number of imidazole rings is 1. The number of aromatic nitrogens is 5. The van der Waals surface area contributed by atoms with Crippen molar-refractivity contribution in [2.24, 2.45) is 0 Å². The van der Waals surface area contributed by atoms with E-state index in [0.29, 0.717) is 0 Å². The molecule has 0 bridgehead atoms. The minimum Gasteiger partial charge on any atom is -0.292 e. The number of para-hydroxylation sites is 1. The van der Waals surface area contributed by atoms with Crippen molar-refractivity contribution in [1.82, 2.24) is 24.1 Å². The molecule has 0 atom stereocenters. The van der Waals surface area contributed by atoms with Gasteiger partial charge in [0.05, 0.1) is 11.0 Å². The van der Waals surface area contributed by atoms with Gasteiger partial charge in [-0.25, -0.2) is 14.5 Å². The van der Waals surface area contributed by atoms with Crippen LogP contribution in [0.3, 0.4) is 0 Å². The largest absolute Gasteiger partial charge is 0.292 e. The minimum atomic E-state index is 0.725. The molecule has 3 heterocycles. The van der Waals surface area contributed by atoms with Crippen LogP contribution in [0.2, 0.25) is 0 Å². The van der Waals surface area contributed by atoms with Crippen LogP contribution in [0.15, 0.2) is 176 Å². The molecule has 234 valence electrons. The molecular formula is C45H29N5. The Balaban J connectivity index is 1.00. The fraction of sp³-hybridized carbons (Fsp3) is 0. The van der Waals surface area contributed by atoms with E-state index >= 15 is 0 Å². The molecule has 0 saturated carbocycles. The van der Waals surface area contributed by atoms with Crippen LogP contribution in [-0.4, -0.2) is 24.1 Å². The number of nitrogens with zero attached hydrogens (tertiary/aromatic N) is 5. The molecule has 5 heteroatoms. The highest BCUT2D eigenvalue weighted by Gasteiger charge is 2.20. The molecule has 3 aromatic heterocycles. The maximum Gasteiger partial charge on any atom is 0.182 e. The molecule has 0 aliphatic carbocycles. The van der Waals surface area contributed by atoms with E-state index in [1.165, 1.54) is 21.7 Å². The lowest BCUT2D eigenvalue weighted by molar-refractivity contribution is 0.966. The summed E-state index contributed by atoms with van der Waals surface area (Å²) in [5.41, 5.74) is 10.8. The lowest BCUT2D eigenvalue weighted by Gasteiger charge is -2.12. The summed E-state index contributed by atoms with van der Waals surface area (Å²) in [6.45, 7) is 0. The second kappa shape index (κ2) is 11.4. The molecule has 5 nitrogen and oxygen atoms in total. The van der Waals surface area contributed by atoms with Gasteiger partial charge in [0.1, 0.15) is 5.82 Å². The first-order valence-electron chi connectivity index (χ1n) is 16.8. The van der Waals surface area contributed by atoms with E-state index in [1.54, 1.807) is 4.52 Å². The van der Waals surface area contributed by atoms with Gasteiger partial charge in [0.2, 0.25) is 0 Å². The second-order valence-corrected chi connectivity index (χ2v) is 12.6. The third-order valence-electron chi connectivity index (χ3n) is 9.63. The molecule has 0 spiro atoms. The van der Waals surface area contributed by atoms with Crippen LogP contribution >= 0.6 is 0 Å². The van der Waals surface area contributed by atoms with Crippen molar-refractivity contribution in [3.05, 3.63) is 176 Å². The van der Waals surface area contributed by atoms with Gasteiger partial charge < -0.3 is 0 Å². The van der Waals surface area contributed by atoms with Crippen LogP contribution in [-0.2, 0) is 0 Å². The molecule has 0 fully saturated rings. The van der Waals surface area contributed by atoms with Gasteiger partial charge >= 0.3 is 0 Å². The van der Waals surface area contributed by atoms with Crippen LogP contribution < -0.4 is 0 Å². The van der Waals surface area contributed by atoms with E-state index in [9.17, 15) is 0 Å². The van der Waals surface area contributed by atoms with Gasteiger partial charge in [-0.15, -0.1) is 5.10 Å². The summed E-state index contributed by atoms with van der Waals surface area (Å²) in [5.74, 6) is 1.65. The van der Waals surface area contributed by atoms with Crippen LogP contribution in [0.1, 0.15) is 0 Å². The first kappa shape index (κ1) is 28.2. The van der Waals surface area contributed by atoms with Crippen molar-refractivity contribution in [3.63, 3.8) is 0 Å². The van der Waals surface area contributed by atoms with Crippen LogP contribution in [0.5, 0.6) is 0 Å². The molecule has 0 radical (unpaired) electrons. The van der Waals surface area contributed by atoms with Crippen molar-refractivity contribution in [3.8, 4) is 50.7 Å². The zero-order valence-corrected chi connectivity index (χ0v) is 27.0. The summed E-state index contributed by atoms with van der Waals surface area (Å²) < 4.78 is 4.13. The Morgan fingerprint density at radius 2 is 0.880 bits per heavy atom. The van der Waals surface area contributed by atoms with Crippen molar-refractivity contribution < 1.29 is 0 Å². The Bertz CT molecular complexity index is 2800. The maximum atomic E-state index is 5.38. The standard InChI is InChI=1S/C45H29N5/c1-2-10-36(11-3-1)50-43-40-15-7-5-13-38(40)37-12-4-6-14-39(37)42(43)47-45(50)35-27-23-33(24-28-35)31-19-17-30(18-20-31)32-21-25-34(26-22-32)44-46-41-16-8-9-29-49(41)48-44/h1-29H. The molecule has 0 amide bonds. The number of fused-ring (bicyclic) bond motifs is 7. The first-order chi connectivity index (χ1) is 24.8. The Labute approximate surface area is 288 Å². The van der Waals surface area contributed by atoms with Gasteiger partial charge in [0, 0.05) is 33.8 Å². The molecule has 0 aliphatic rings. The Hall–Kier alpha value is -6.85. The molecular weight excluding hydrogens is 611 g/mol. The van der Waals surface area contributed by atoms with Gasteiger partial charge in [-0.3, -0.25) is 4.57 Å². The van der Waals surface area contributed by atoms with E-state index in [2.05, 4.69) is 166 Å². The highest BCUT2D eigenvalue weighted by atomic mass is 15.3. The van der Waals surface area contributed by atoms with Gasteiger partial charge in [-0.1, -0.05) is 146 Å². The highest BCUT2D eigenvalue weighted by molar-refractivity contribution is 6.24. The summed E-state index contributed by atoms with van der Waals surface area (Å²) in [6, 6.07) is 59.7. The van der Waals surface area contributed by atoms with E-state index in [-0.39, 0.29) is 0 Å². The average Bonchev–Trinajstić information content (AvgIpc) is 3.82. The molecule has 10 aromatic rings. The molecule has 0 N–H and O–H groups in total. The smallest absolute Gasteiger partial charge is 0.182 e. The predicted molar refractivity (Wildman–Crippen MR) is 204 cm³/mol. The average molecular weight is 640 g/mol. The number of rotatable bonds is 5.